The summed E-state index contributed by atoms with van der Waals surface area (Å²) in [6, 6.07) is 6.20. The zero-order chi connectivity index (χ0) is 12.3. The molecule has 1 heterocycles. The number of rotatable bonds is 5. The van der Waals surface area contributed by atoms with Crippen LogP contribution in [0.4, 0.5) is 0 Å². The van der Waals surface area contributed by atoms with Gasteiger partial charge >= 0.3 is 0 Å². The first-order chi connectivity index (χ1) is 8.12. The Kier molecular flexibility index (Phi) is 3.79. The van der Waals surface area contributed by atoms with Crippen LogP contribution in [-0.4, -0.2) is 36.1 Å². The SMILES string of the molecule is Cc1cccc(CNCC2(N(C)C)CCC2)n1. The van der Waals surface area contributed by atoms with Crippen LogP contribution < -0.4 is 5.32 Å². The first kappa shape index (κ1) is 12.5. The fraction of sp³-hybridized carbons (Fsp3) is 0.643. The van der Waals surface area contributed by atoms with Gasteiger partial charge in [-0.1, -0.05) is 6.07 Å². The Morgan fingerprint density at radius 2 is 2.12 bits per heavy atom. The molecule has 0 saturated heterocycles. The van der Waals surface area contributed by atoms with Crippen LogP contribution in [0.3, 0.4) is 0 Å². The second-order valence-electron chi connectivity index (χ2n) is 5.35. The maximum Gasteiger partial charge on any atom is 0.0544 e. The molecule has 0 atom stereocenters. The first-order valence-corrected chi connectivity index (χ1v) is 6.43. The van der Waals surface area contributed by atoms with Gasteiger partial charge in [-0.3, -0.25) is 4.98 Å². The van der Waals surface area contributed by atoms with Crippen LogP contribution in [0.2, 0.25) is 0 Å². The summed E-state index contributed by atoms with van der Waals surface area (Å²) in [7, 11) is 4.37. The Morgan fingerprint density at radius 3 is 2.65 bits per heavy atom. The molecular weight excluding hydrogens is 210 g/mol. The third-order valence-corrected chi connectivity index (χ3v) is 3.94. The van der Waals surface area contributed by atoms with Crippen molar-refractivity contribution in [1.29, 1.82) is 0 Å². The summed E-state index contributed by atoms with van der Waals surface area (Å²) in [6.45, 7) is 3.98. The van der Waals surface area contributed by atoms with E-state index < -0.39 is 0 Å². The molecule has 0 aliphatic heterocycles. The Hall–Kier alpha value is -0.930. The highest BCUT2D eigenvalue weighted by Crippen LogP contribution is 2.35. The van der Waals surface area contributed by atoms with Crippen LogP contribution >= 0.6 is 0 Å². The summed E-state index contributed by atoms with van der Waals surface area (Å²) in [4.78, 5) is 6.87. The van der Waals surface area contributed by atoms with E-state index in [-0.39, 0.29) is 0 Å². The van der Waals surface area contributed by atoms with E-state index in [0.29, 0.717) is 5.54 Å². The molecule has 0 amide bonds. The molecule has 0 radical (unpaired) electrons. The number of hydrogen-bond acceptors (Lipinski definition) is 3. The third kappa shape index (κ3) is 2.85. The van der Waals surface area contributed by atoms with Gasteiger partial charge in [0, 0.05) is 24.3 Å². The topological polar surface area (TPSA) is 28.2 Å². The van der Waals surface area contributed by atoms with Crippen molar-refractivity contribution < 1.29 is 0 Å². The lowest BCUT2D eigenvalue weighted by Gasteiger charge is -2.47. The Labute approximate surface area is 104 Å². The van der Waals surface area contributed by atoms with E-state index in [1.807, 2.05) is 13.0 Å². The van der Waals surface area contributed by atoms with E-state index >= 15 is 0 Å². The molecule has 1 aromatic rings. The number of nitrogens with zero attached hydrogens (tertiary/aromatic N) is 2. The van der Waals surface area contributed by atoms with Gasteiger partial charge in [0.2, 0.25) is 0 Å². The van der Waals surface area contributed by atoms with Gasteiger partial charge in [-0.15, -0.1) is 0 Å². The van der Waals surface area contributed by atoms with Gasteiger partial charge in [0.15, 0.2) is 0 Å². The molecule has 1 aliphatic rings. The van der Waals surface area contributed by atoms with Gasteiger partial charge < -0.3 is 10.2 Å². The fourth-order valence-corrected chi connectivity index (χ4v) is 2.49. The van der Waals surface area contributed by atoms with Crippen LogP contribution in [-0.2, 0) is 6.54 Å². The highest BCUT2D eigenvalue weighted by atomic mass is 15.2. The predicted octanol–water partition coefficient (Wildman–Crippen LogP) is 1.96. The molecule has 1 aromatic heterocycles. The molecule has 1 aliphatic carbocycles. The first-order valence-electron chi connectivity index (χ1n) is 6.43. The van der Waals surface area contributed by atoms with E-state index in [1.165, 1.54) is 19.3 Å². The summed E-state index contributed by atoms with van der Waals surface area (Å²) >= 11 is 0. The van der Waals surface area contributed by atoms with E-state index in [0.717, 1.165) is 24.5 Å². The largest absolute Gasteiger partial charge is 0.309 e. The Bertz CT molecular complexity index is 369. The predicted molar refractivity (Wildman–Crippen MR) is 70.9 cm³/mol. The van der Waals surface area contributed by atoms with E-state index in [9.17, 15) is 0 Å². The van der Waals surface area contributed by atoms with Crippen LogP contribution in [0.1, 0.15) is 30.7 Å². The van der Waals surface area contributed by atoms with Crippen molar-refractivity contribution in [1.82, 2.24) is 15.2 Å². The molecule has 0 aromatic carbocycles. The molecule has 0 spiro atoms. The molecular formula is C14H23N3. The van der Waals surface area contributed by atoms with Gasteiger partial charge in [-0.05, 0) is 52.4 Å². The van der Waals surface area contributed by atoms with Crippen molar-refractivity contribution in [3.8, 4) is 0 Å². The maximum absolute atomic E-state index is 4.51. The minimum atomic E-state index is 0.393. The van der Waals surface area contributed by atoms with Gasteiger partial charge in [0.05, 0.1) is 5.69 Å². The normalized spacial score (nSPS) is 18.1. The lowest BCUT2D eigenvalue weighted by Crippen LogP contribution is -2.56. The summed E-state index contributed by atoms with van der Waals surface area (Å²) in [5.41, 5.74) is 2.62. The van der Waals surface area contributed by atoms with Gasteiger partial charge in [-0.2, -0.15) is 0 Å². The van der Waals surface area contributed by atoms with E-state index in [2.05, 4.69) is 41.4 Å². The van der Waals surface area contributed by atoms with Crippen molar-refractivity contribution in [3.63, 3.8) is 0 Å². The zero-order valence-corrected chi connectivity index (χ0v) is 11.2. The summed E-state index contributed by atoms with van der Waals surface area (Å²) in [5.74, 6) is 0. The van der Waals surface area contributed by atoms with Gasteiger partial charge in [0.1, 0.15) is 0 Å². The molecule has 2 rings (SSSR count). The minimum Gasteiger partial charge on any atom is -0.309 e. The van der Waals surface area contributed by atoms with Crippen molar-refractivity contribution in [3.05, 3.63) is 29.6 Å². The molecule has 0 bridgehead atoms. The number of hydrogen-bond donors (Lipinski definition) is 1. The van der Waals surface area contributed by atoms with E-state index in [1.54, 1.807) is 0 Å². The van der Waals surface area contributed by atoms with Crippen molar-refractivity contribution in [2.75, 3.05) is 20.6 Å². The number of aryl methyl sites for hydroxylation is 1. The second kappa shape index (κ2) is 5.15. The van der Waals surface area contributed by atoms with Crippen LogP contribution in [0, 0.1) is 6.92 Å². The molecule has 94 valence electrons. The number of aromatic nitrogens is 1. The monoisotopic (exact) mass is 233 g/mol. The number of pyridine rings is 1. The smallest absolute Gasteiger partial charge is 0.0544 e. The van der Waals surface area contributed by atoms with Crippen molar-refractivity contribution >= 4 is 0 Å². The average molecular weight is 233 g/mol. The van der Waals surface area contributed by atoms with Gasteiger partial charge in [0.25, 0.3) is 0 Å². The lowest BCUT2D eigenvalue weighted by atomic mass is 9.75. The summed E-state index contributed by atoms with van der Waals surface area (Å²) in [6.07, 6.45) is 3.99. The highest BCUT2D eigenvalue weighted by Gasteiger charge is 2.38. The molecule has 3 nitrogen and oxygen atoms in total. The average Bonchev–Trinajstić information content (AvgIpc) is 2.21. The summed E-state index contributed by atoms with van der Waals surface area (Å²) in [5, 5.41) is 3.55. The third-order valence-electron chi connectivity index (χ3n) is 3.94. The van der Waals surface area contributed by atoms with Crippen molar-refractivity contribution in [2.24, 2.45) is 0 Å². The fourth-order valence-electron chi connectivity index (χ4n) is 2.49. The number of nitrogens with one attached hydrogen (secondary N) is 1. The van der Waals surface area contributed by atoms with Crippen LogP contribution in [0.25, 0.3) is 0 Å². The maximum atomic E-state index is 4.51. The Balaban J connectivity index is 1.83. The molecule has 1 saturated carbocycles. The molecule has 0 unspecified atom stereocenters. The van der Waals surface area contributed by atoms with Crippen LogP contribution in [0.5, 0.6) is 0 Å². The Morgan fingerprint density at radius 1 is 1.35 bits per heavy atom. The minimum absolute atomic E-state index is 0.393. The van der Waals surface area contributed by atoms with E-state index in [4.69, 9.17) is 0 Å². The lowest BCUT2D eigenvalue weighted by molar-refractivity contribution is 0.0597. The van der Waals surface area contributed by atoms with Crippen LogP contribution in [0.15, 0.2) is 18.2 Å². The standard InChI is InChI=1S/C14H23N3/c1-12-6-4-7-13(16-12)10-15-11-14(17(2)3)8-5-9-14/h4,6-7,15H,5,8-11H2,1-3H3. The second-order valence-corrected chi connectivity index (χ2v) is 5.35. The quantitative estimate of drug-likeness (QED) is 0.842. The summed E-state index contributed by atoms with van der Waals surface area (Å²) < 4.78 is 0. The molecule has 1 fully saturated rings. The number of likely N-dealkylation sites (N-methyl/N-ethyl adjacent to an activating group) is 1. The zero-order valence-electron chi connectivity index (χ0n) is 11.2. The molecule has 1 N–H and O–H groups in total. The molecule has 17 heavy (non-hydrogen) atoms. The highest BCUT2D eigenvalue weighted by molar-refractivity contribution is 5.10. The van der Waals surface area contributed by atoms with Crippen molar-refractivity contribution in [2.45, 2.75) is 38.3 Å². The van der Waals surface area contributed by atoms with Gasteiger partial charge in [-0.25, -0.2) is 0 Å². The molecule has 3 heteroatoms.